The standard InChI is InChI=1S/C24H23ClN4O4/c1-3-20(22-26-19-13-15(25)10-11-17(19)23(30)28-22)29(14-16-7-6-12-33-16)24(31)27-18-8-4-5-9-21(18)32-2/h4-13,20H,3,14H2,1-2H3,(H,27,31)(H,26,28,30). The number of aromatic amines is 1. The van der Waals surface area contributed by atoms with Crippen LogP contribution in [0.25, 0.3) is 10.9 Å². The number of amides is 2. The molecule has 2 heterocycles. The minimum Gasteiger partial charge on any atom is -0.495 e. The molecular weight excluding hydrogens is 444 g/mol. The second kappa shape index (κ2) is 9.79. The summed E-state index contributed by atoms with van der Waals surface area (Å²) in [4.78, 5) is 35.2. The van der Waals surface area contributed by atoms with Crippen LogP contribution in [0.5, 0.6) is 5.75 Å². The smallest absolute Gasteiger partial charge is 0.322 e. The van der Waals surface area contributed by atoms with Gasteiger partial charge in [0.2, 0.25) is 0 Å². The van der Waals surface area contributed by atoms with Crippen LogP contribution in [0.15, 0.2) is 70.1 Å². The summed E-state index contributed by atoms with van der Waals surface area (Å²) in [5.74, 6) is 1.48. The van der Waals surface area contributed by atoms with E-state index in [0.29, 0.717) is 45.4 Å². The van der Waals surface area contributed by atoms with E-state index in [1.807, 2.05) is 13.0 Å². The number of benzene rings is 2. The van der Waals surface area contributed by atoms with Crippen molar-refractivity contribution in [1.82, 2.24) is 14.9 Å². The monoisotopic (exact) mass is 466 g/mol. The maximum atomic E-state index is 13.5. The number of urea groups is 1. The molecular formula is C24H23ClN4O4. The fourth-order valence-corrected chi connectivity index (χ4v) is 3.85. The van der Waals surface area contributed by atoms with E-state index in [1.165, 1.54) is 7.11 Å². The quantitative estimate of drug-likeness (QED) is 0.381. The predicted molar refractivity (Wildman–Crippen MR) is 127 cm³/mol. The number of hydrogen-bond acceptors (Lipinski definition) is 5. The molecule has 4 rings (SSSR count). The minimum absolute atomic E-state index is 0.170. The number of furan rings is 1. The molecule has 0 bridgehead atoms. The first-order chi connectivity index (χ1) is 16.0. The van der Waals surface area contributed by atoms with Crippen LogP contribution in [0.3, 0.4) is 0 Å². The third kappa shape index (κ3) is 4.85. The molecule has 33 heavy (non-hydrogen) atoms. The molecule has 170 valence electrons. The molecule has 0 aliphatic heterocycles. The lowest BCUT2D eigenvalue weighted by Crippen LogP contribution is -2.39. The van der Waals surface area contributed by atoms with E-state index in [2.05, 4.69) is 15.3 Å². The number of H-pyrrole nitrogens is 1. The molecule has 0 aliphatic carbocycles. The Balaban J connectivity index is 1.74. The Morgan fingerprint density at radius 3 is 2.79 bits per heavy atom. The molecule has 2 aromatic heterocycles. The van der Waals surface area contributed by atoms with E-state index in [4.69, 9.17) is 20.8 Å². The first kappa shape index (κ1) is 22.4. The number of ether oxygens (including phenoxy) is 1. The van der Waals surface area contributed by atoms with E-state index < -0.39 is 12.1 Å². The largest absolute Gasteiger partial charge is 0.495 e. The van der Waals surface area contributed by atoms with Crippen molar-refractivity contribution >= 4 is 34.2 Å². The summed E-state index contributed by atoms with van der Waals surface area (Å²) in [6, 6.07) is 14.6. The normalized spacial score (nSPS) is 11.8. The Kier molecular flexibility index (Phi) is 6.65. The molecule has 9 heteroatoms. The lowest BCUT2D eigenvalue weighted by atomic mass is 10.1. The number of rotatable bonds is 7. The van der Waals surface area contributed by atoms with Gasteiger partial charge in [0.05, 0.1) is 42.5 Å². The zero-order valence-corrected chi connectivity index (χ0v) is 18.9. The van der Waals surface area contributed by atoms with E-state index in [0.717, 1.165) is 0 Å². The number of aromatic nitrogens is 2. The number of methoxy groups -OCH3 is 1. The molecule has 2 amide bonds. The Hall–Kier alpha value is -3.78. The predicted octanol–water partition coefficient (Wildman–Crippen LogP) is 5.36. The zero-order valence-electron chi connectivity index (χ0n) is 18.2. The number of halogens is 1. The van der Waals surface area contributed by atoms with Gasteiger partial charge in [-0.1, -0.05) is 30.7 Å². The highest BCUT2D eigenvalue weighted by Crippen LogP contribution is 2.28. The van der Waals surface area contributed by atoms with Crippen molar-refractivity contribution in [3.05, 3.63) is 87.8 Å². The van der Waals surface area contributed by atoms with Gasteiger partial charge >= 0.3 is 6.03 Å². The average molecular weight is 467 g/mol. The van der Waals surface area contributed by atoms with E-state index in [1.54, 1.807) is 59.7 Å². The molecule has 2 N–H and O–H groups in total. The topological polar surface area (TPSA) is 100 Å². The number of anilines is 1. The summed E-state index contributed by atoms with van der Waals surface area (Å²) in [6.45, 7) is 2.09. The van der Waals surface area contributed by atoms with Crippen molar-refractivity contribution in [2.45, 2.75) is 25.9 Å². The van der Waals surface area contributed by atoms with Crippen molar-refractivity contribution in [1.29, 1.82) is 0 Å². The molecule has 1 atom stereocenters. The lowest BCUT2D eigenvalue weighted by molar-refractivity contribution is 0.171. The Labute approximate surface area is 195 Å². The second-order valence-corrected chi connectivity index (χ2v) is 7.81. The molecule has 8 nitrogen and oxygen atoms in total. The zero-order chi connectivity index (χ0) is 23.4. The van der Waals surface area contributed by atoms with E-state index >= 15 is 0 Å². The number of nitrogens with zero attached hydrogens (tertiary/aromatic N) is 2. The summed E-state index contributed by atoms with van der Waals surface area (Å²) in [5, 5.41) is 3.80. The number of para-hydroxylation sites is 2. The highest BCUT2D eigenvalue weighted by Gasteiger charge is 2.28. The van der Waals surface area contributed by atoms with Gasteiger partial charge in [-0.05, 0) is 48.9 Å². The minimum atomic E-state index is -0.541. The molecule has 0 saturated carbocycles. The summed E-state index contributed by atoms with van der Waals surface area (Å²) < 4.78 is 10.8. The SMILES string of the molecule is CCC(c1nc2cc(Cl)ccc2c(=O)[nH]1)N(Cc1ccco1)C(=O)Nc1ccccc1OC. The number of carbonyl (C=O) groups is 1. The van der Waals surface area contributed by atoms with E-state index in [9.17, 15) is 9.59 Å². The maximum absolute atomic E-state index is 13.5. The summed E-state index contributed by atoms with van der Waals surface area (Å²) in [6.07, 6.45) is 2.04. The van der Waals surface area contributed by atoms with Crippen LogP contribution in [0, 0.1) is 0 Å². The van der Waals surface area contributed by atoms with Crippen LogP contribution in [-0.2, 0) is 6.54 Å². The molecule has 1 unspecified atom stereocenters. The number of hydrogen-bond donors (Lipinski definition) is 2. The van der Waals surface area contributed by atoms with Crippen LogP contribution in [0.4, 0.5) is 10.5 Å². The molecule has 0 spiro atoms. The fraction of sp³-hybridized carbons (Fsp3) is 0.208. The maximum Gasteiger partial charge on any atom is 0.322 e. The van der Waals surface area contributed by atoms with Gasteiger partial charge in [0.1, 0.15) is 17.3 Å². The third-order valence-electron chi connectivity index (χ3n) is 5.28. The van der Waals surface area contributed by atoms with Crippen LogP contribution < -0.4 is 15.6 Å². The molecule has 0 fully saturated rings. The lowest BCUT2D eigenvalue weighted by Gasteiger charge is -2.30. The summed E-state index contributed by atoms with van der Waals surface area (Å²) in [7, 11) is 1.54. The molecule has 0 saturated heterocycles. The van der Waals surface area contributed by atoms with E-state index in [-0.39, 0.29) is 12.1 Å². The highest BCUT2D eigenvalue weighted by molar-refractivity contribution is 6.31. The molecule has 4 aromatic rings. The van der Waals surface area contributed by atoms with Gasteiger partial charge in [0.15, 0.2) is 0 Å². The van der Waals surface area contributed by atoms with Gasteiger partial charge in [-0.3, -0.25) is 4.79 Å². The van der Waals surface area contributed by atoms with Crippen LogP contribution in [-0.4, -0.2) is 28.0 Å². The van der Waals surface area contributed by atoms with Gasteiger partial charge in [-0.15, -0.1) is 0 Å². The fourth-order valence-electron chi connectivity index (χ4n) is 3.68. The van der Waals surface area contributed by atoms with Gasteiger partial charge in [0, 0.05) is 5.02 Å². The molecule has 0 radical (unpaired) electrons. The van der Waals surface area contributed by atoms with Crippen molar-refractivity contribution in [3.8, 4) is 5.75 Å². The van der Waals surface area contributed by atoms with Crippen LogP contribution in [0.1, 0.15) is 31.0 Å². The van der Waals surface area contributed by atoms with Crippen molar-refractivity contribution in [2.24, 2.45) is 0 Å². The highest BCUT2D eigenvalue weighted by atomic mass is 35.5. The van der Waals surface area contributed by atoms with Gasteiger partial charge in [0.25, 0.3) is 5.56 Å². The van der Waals surface area contributed by atoms with Crippen molar-refractivity contribution in [2.75, 3.05) is 12.4 Å². The van der Waals surface area contributed by atoms with Crippen LogP contribution >= 0.6 is 11.6 Å². The number of nitrogens with one attached hydrogen (secondary N) is 2. The number of carbonyl (C=O) groups excluding carboxylic acids is 1. The first-order valence-electron chi connectivity index (χ1n) is 10.4. The molecule has 0 aliphatic rings. The van der Waals surface area contributed by atoms with Gasteiger partial charge < -0.3 is 24.4 Å². The third-order valence-corrected chi connectivity index (χ3v) is 5.52. The average Bonchev–Trinajstić information content (AvgIpc) is 3.32. The molecule has 2 aromatic carbocycles. The Bertz CT molecular complexity index is 1320. The summed E-state index contributed by atoms with van der Waals surface area (Å²) >= 11 is 6.11. The van der Waals surface area contributed by atoms with Crippen molar-refractivity contribution < 1.29 is 13.9 Å². The number of fused-ring (bicyclic) bond motifs is 1. The first-order valence-corrected chi connectivity index (χ1v) is 10.8. The summed E-state index contributed by atoms with van der Waals surface area (Å²) in [5.41, 5.74) is 0.687. The van der Waals surface area contributed by atoms with Gasteiger partial charge in [-0.25, -0.2) is 9.78 Å². The Morgan fingerprint density at radius 2 is 2.06 bits per heavy atom. The second-order valence-electron chi connectivity index (χ2n) is 7.37. The van der Waals surface area contributed by atoms with Crippen LogP contribution in [0.2, 0.25) is 5.02 Å². The Morgan fingerprint density at radius 1 is 1.24 bits per heavy atom. The van der Waals surface area contributed by atoms with Gasteiger partial charge in [-0.2, -0.15) is 0 Å². The van der Waals surface area contributed by atoms with Crippen molar-refractivity contribution in [3.63, 3.8) is 0 Å².